The molecule has 2 heterocycles. The first kappa shape index (κ1) is 16.3. The maximum absolute atomic E-state index is 9.21. The summed E-state index contributed by atoms with van der Waals surface area (Å²) in [5.41, 5.74) is 1.15. The van der Waals surface area contributed by atoms with Gasteiger partial charge < -0.3 is 19.2 Å². The summed E-state index contributed by atoms with van der Waals surface area (Å²) in [4.78, 5) is 8.18. The topological polar surface area (TPSA) is 93.2 Å². The fourth-order valence-corrected chi connectivity index (χ4v) is 2.18. The number of ether oxygens (including phenoxy) is 2. The van der Waals surface area contributed by atoms with Crippen molar-refractivity contribution in [1.29, 1.82) is 5.26 Å². The van der Waals surface area contributed by atoms with Gasteiger partial charge in [0.05, 0.1) is 7.11 Å². The number of oxazole rings is 1. The molecule has 3 rings (SSSR count). The van der Waals surface area contributed by atoms with Crippen molar-refractivity contribution in [2.75, 3.05) is 12.4 Å². The molecule has 2 aromatic heterocycles. The second-order valence-corrected chi connectivity index (χ2v) is 5.05. The lowest BCUT2D eigenvalue weighted by molar-refractivity contribution is 0.251. The van der Waals surface area contributed by atoms with Gasteiger partial charge in [-0.3, -0.25) is 4.98 Å². The van der Waals surface area contributed by atoms with E-state index in [1.807, 2.05) is 30.3 Å². The Hall–Kier alpha value is -3.53. The van der Waals surface area contributed by atoms with Crippen LogP contribution >= 0.6 is 0 Å². The summed E-state index contributed by atoms with van der Waals surface area (Å²) < 4.78 is 16.5. The fourth-order valence-electron chi connectivity index (χ4n) is 2.18. The molecule has 0 saturated heterocycles. The van der Waals surface area contributed by atoms with Gasteiger partial charge in [0.1, 0.15) is 6.07 Å². The average molecular weight is 336 g/mol. The Kier molecular flexibility index (Phi) is 5.12. The van der Waals surface area contributed by atoms with Crippen molar-refractivity contribution in [3.05, 3.63) is 65.9 Å². The maximum Gasteiger partial charge on any atom is 0.236 e. The SMILES string of the molecule is COc1ccccc1OCc1nc(C#N)c(NCc2cccnc2)o1. The number of hydrogen-bond acceptors (Lipinski definition) is 7. The van der Waals surface area contributed by atoms with E-state index in [-0.39, 0.29) is 12.3 Å². The molecule has 0 fully saturated rings. The molecule has 3 aromatic rings. The molecule has 0 atom stereocenters. The smallest absolute Gasteiger partial charge is 0.236 e. The van der Waals surface area contributed by atoms with Gasteiger partial charge in [0.15, 0.2) is 18.1 Å². The summed E-state index contributed by atoms with van der Waals surface area (Å²) in [5, 5.41) is 12.3. The Bertz CT molecular complexity index is 872. The van der Waals surface area contributed by atoms with Crippen LogP contribution in [0.4, 0.5) is 5.88 Å². The summed E-state index contributed by atoms with van der Waals surface area (Å²) in [6.45, 7) is 0.564. The number of nitrogens with one attached hydrogen (secondary N) is 1. The van der Waals surface area contributed by atoms with Crippen LogP contribution in [0, 0.1) is 11.3 Å². The molecule has 0 saturated carbocycles. The van der Waals surface area contributed by atoms with Crippen LogP contribution in [-0.2, 0) is 13.2 Å². The number of aromatic nitrogens is 2. The molecule has 0 spiro atoms. The second kappa shape index (κ2) is 7.84. The number of pyridine rings is 1. The molecule has 0 radical (unpaired) electrons. The number of nitriles is 1. The minimum atomic E-state index is 0.0869. The summed E-state index contributed by atoms with van der Waals surface area (Å²) in [7, 11) is 1.57. The van der Waals surface area contributed by atoms with E-state index in [0.29, 0.717) is 29.8 Å². The fraction of sp³-hybridized carbons (Fsp3) is 0.167. The van der Waals surface area contributed by atoms with Crippen molar-refractivity contribution in [3.63, 3.8) is 0 Å². The molecule has 0 aliphatic heterocycles. The quantitative estimate of drug-likeness (QED) is 0.708. The summed E-state index contributed by atoms with van der Waals surface area (Å²) in [6, 6.07) is 13.1. The van der Waals surface area contributed by atoms with Crippen molar-refractivity contribution in [1.82, 2.24) is 9.97 Å². The van der Waals surface area contributed by atoms with Crippen LogP contribution in [0.1, 0.15) is 17.1 Å². The molecule has 25 heavy (non-hydrogen) atoms. The molecule has 1 N–H and O–H groups in total. The van der Waals surface area contributed by atoms with E-state index >= 15 is 0 Å². The number of hydrogen-bond donors (Lipinski definition) is 1. The number of rotatable bonds is 7. The highest BCUT2D eigenvalue weighted by Crippen LogP contribution is 2.27. The van der Waals surface area contributed by atoms with Crippen molar-refractivity contribution < 1.29 is 13.9 Å². The predicted molar refractivity (Wildman–Crippen MR) is 90.1 cm³/mol. The monoisotopic (exact) mass is 336 g/mol. The zero-order valence-electron chi connectivity index (χ0n) is 13.6. The third kappa shape index (κ3) is 4.06. The van der Waals surface area contributed by atoms with Crippen LogP contribution in [0.25, 0.3) is 0 Å². The van der Waals surface area contributed by atoms with E-state index in [2.05, 4.69) is 15.3 Å². The van der Waals surface area contributed by atoms with Crippen LogP contribution in [0.2, 0.25) is 0 Å². The molecular weight excluding hydrogens is 320 g/mol. The normalized spacial score (nSPS) is 10.1. The van der Waals surface area contributed by atoms with Crippen LogP contribution in [0.15, 0.2) is 53.2 Å². The first-order chi connectivity index (χ1) is 12.3. The van der Waals surface area contributed by atoms with E-state index in [1.165, 1.54) is 0 Å². The lowest BCUT2D eigenvalue weighted by Crippen LogP contribution is -2.00. The summed E-state index contributed by atoms with van der Waals surface area (Å²) in [5.74, 6) is 1.80. The first-order valence-electron chi connectivity index (χ1n) is 7.58. The summed E-state index contributed by atoms with van der Waals surface area (Å²) >= 11 is 0. The number of para-hydroxylation sites is 2. The molecule has 0 amide bonds. The minimum absolute atomic E-state index is 0.0869. The van der Waals surface area contributed by atoms with Gasteiger partial charge >= 0.3 is 0 Å². The highest BCUT2D eigenvalue weighted by molar-refractivity contribution is 5.45. The Morgan fingerprint density at radius 1 is 1.20 bits per heavy atom. The van der Waals surface area contributed by atoms with E-state index < -0.39 is 0 Å². The van der Waals surface area contributed by atoms with Gasteiger partial charge in [0.25, 0.3) is 0 Å². The lowest BCUT2D eigenvalue weighted by Gasteiger charge is -2.08. The van der Waals surface area contributed by atoms with Gasteiger partial charge in [-0.25, -0.2) is 0 Å². The van der Waals surface area contributed by atoms with Gasteiger partial charge in [0.2, 0.25) is 17.5 Å². The molecule has 0 bridgehead atoms. The average Bonchev–Trinajstić information content (AvgIpc) is 3.08. The Morgan fingerprint density at radius 2 is 2.04 bits per heavy atom. The molecule has 0 aliphatic carbocycles. The Morgan fingerprint density at radius 3 is 2.76 bits per heavy atom. The summed E-state index contributed by atoms with van der Waals surface area (Å²) in [6.07, 6.45) is 3.44. The second-order valence-electron chi connectivity index (χ2n) is 5.05. The zero-order valence-corrected chi connectivity index (χ0v) is 13.6. The minimum Gasteiger partial charge on any atom is -0.493 e. The van der Waals surface area contributed by atoms with Crippen LogP contribution in [-0.4, -0.2) is 17.1 Å². The number of nitrogens with zero attached hydrogens (tertiary/aromatic N) is 3. The van der Waals surface area contributed by atoms with E-state index in [1.54, 1.807) is 31.6 Å². The van der Waals surface area contributed by atoms with Crippen molar-refractivity contribution in [2.24, 2.45) is 0 Å². The molecule has 126 valence electrons. The van der Waals surface area contributed by atoms with Crippen molar-refractivity contribution in [2.45, 2.75) is 13.2 Å². The zero-order chi connectivity index (χ0) is 17.5. The molecule has 0 aliphatic rings. The highest BCUT2D eigenvalue weighted by atomic mass is 16.5. The number of anilines is 1. The van der Waals surface area contributed by atoms with Crippen LogP contribution < -0.4 is 14.8 Å². The molecule has 7 heteroatoms. The van der Waals surface area contributed by atoms with Gasteiger partial charge in [-0.15, -0.1) is 0 Å². The molecular formula is C18H16N4O3. The van der Waals surface area contributed by atoms with E-state index in [0.717, 1.165) is 5.56 Å². The third-order valence-corrected chi connectivity index (χ3v) is 3.37. The van der Waals surface area contributed by atoms with Gasteiger partial charge in [-0.2, -0.15) is 10.2 Å². The number of methoxy groups -OCH3 is 1. The van der Waals surface area contributed by atoms with Crippen molar-refractivity contribution >= 4 is 5.88 Å². The van der Waals surface area contributed by atoms with Crippen LogP contribution in [0.5, 0.6) is 11.5 Å². The Labute approximate surface area is 144 Å². The van der Waals surface area contributed by atoms with Crippen molar-refractivity contribution in [3.8, 4) is 17.6 Å². The predicted octanol–water partition coefficient (Wildman–Crippen LogP) is 3.14. The van der Waals surface area contributed by atoms with E-state index in [9.17, 15) is 5.26 Å². The lowest BCUT2D eigenvalue weighted by atomic mass is 10.3. The highest BCUT2D eigenvalue weighted by Gasteiger charge is 2.14. The maximum atomic E-state index is 9.21. The third-order valence-electron chi connectivity index (χ3n) is 3.37. The van der Waals surface area contributed by atoms with Gasteiger partial charge in [0, 0.05) is 18.9 Å². The largest absolute Gasteiger partial charge is 0.493 e. The molecule has 1 aromatic carbocycles. The Balaban J connectivity index is 1.67. The van der Waals surface area contributed by atoms with Gasteiger partial charge in [-0.05, 0) is 23.8 Å². The van der Waals surface area contributed by atoms with Gasteiger partial charge in [-0.1, -0.05) is 18.2 Å². The molecule has 7 nitrogen and oxygen atoms in total. The molecule has 0 unspecified atom stereocenters. The number of benzene rings is 1. The first-order valence-corrected chi connectivity index (χ1v) is 7.58. The van der Waals surface area contributed by atoms with E-state index in [4.69, 9.17) is 13.9 Å². The van der Waals surface area contributed by atoms with Crippen LogP contribution in [0.3, 0.4) is 0 Å². The standard InChI is InChI=1S/C18H16N4O3/c1-23-15-6-2-3-7-16(15)24-12-17-22-14(9-19)18(25-17)21-11-13-5-4-8-20-10-13/h2-8,10,21H,11-12H2,1H3.